The van der Waals surface area contributed by atoms with Crippen molar-refractivity contribution in [1.29, 1.82) is 0 Å². The van der Waals surface area contributed by atoms with E-state index in [4.69, 9.17) is 20.3 Å². The van der Waals surface area contributed by atoms with E-state index in [1.165, 1.54) is 22.0 Å². The van der Waals surface area contributed by atoms with Gasteiger partial charge >= 0.3 is 33.2 Å². The van der Waals surface area contributed by atoms with Gasteiger partial charge in [0.15, 0.2) is 0 Å². The van der Waals surface area contributed by atoms with E-state index in [0.717, 1.165) is 0 Å². The van der Waals surface area contributed by atoms with Gasteiger partial charge in [-0.05, 0) is 31.9 Å². The Bertz CT molecular complexity index is 381. The van der Waals surface area contributed by atoms with Crippen LogP contribution in [0.1, 0.15) is 16.7 Å². The molecule has 0 bridgehead atoms. The first-order valence-corrected chi connectivity index (χ1v) is 9.00. The Balaban J connectivity index is 0.000000301. The van der Waals surface area contributed by atoms with Crippen LogP contribution in [0.4, 0.5) is 0 Å². The number of hydrogen-bond acceptors (Lipinski definition) is 0. The quantitative estimate of drug-likeness (QED) is 0.604. The molecule has 0 aromatic heterocycles. The topological polar surface area (TPSA) is 0 Å². The van der Waals surface area contributed by atoms with Gasteiger partial charge in [0.05, 0.1) is 5.30 Å². The van der Waals surface area contributed by atoms with Gasteiger partial charge in [-0.15, -0.1) is 0 Å². The predicted octanol–water partition coefficient (Wildman–Crippen LogP) is 4.54. The van der Waals surface area contributed by atoms with Gasteiger partial charge in [-0.2, -0.15) is 0 Å². The second-order valence-electron chi connectivity index (χ2n) is 3.89. The van der Waals surface area contributed by atoms with Crippen LogP contribution in [0, 0.1) is 27.2 Å². The summed E-state index contributed by atoms with van der Waals surface area (Å²) in [5, 5.41) is 1.45. The van der Waals surface area contributed by atoms with E-state index in [2.05, 4.69) is 32.9 Å². The van der Waals surface area contributed by atoms with Crippen LogP contribution < -0.4 is 5.30 Å². The number of benzene rings is 1. The third kappa shape index (κ3) is 8.34. The van der Waals surface area contributed by atoms with Crippen LogP contribution in [0.25, 0.3) is 0 Å². The molecule has 0 amide bonds. The van der Waals surface area contributed by atoms with E-state index in [1.807, 2.05) is 40.0 Å². The van der Waals surface area contributed by atoms with Crippen molar-refractivity contribution in [2.75, 3.05) is 0 Å². The fourth-order valence-electron chi connectivity index (χ4n) is 1.53. The number of aryl methyl sites for hydroxylation is 3. The van der Waals surface area contributed by atoms with Gasteiger partial charge < -0.3 is 0 Å². The molecule has 1 unspecified atom stereocenters. The Morgan fingerprint density at radius 3 is 1.56 bits per heavy atom. The van der Waals surface area contributed by atoms with Gasteiger partial charge in [0, 0.05) is 15.7 Å². The molecular formula is C14H19Cl2CoP+. The molecular weight excluding hydrogens is 329 g/mol. The molecule has 0 aliphatic heterocycles. The maximum absolute atomic E-state index is 4.73. The van der Waals surface area contributed by atoms with E-state index in [0.29, 0.717) is 12.9 Å². The molecule has 0 nitrogen and oxygen atoms in total. The minimum atomic E-state index is 0.382. The Kier molecular flexibility index (Phi) is 11.2. The van der Waals surface area contributed by atoms with Crippen LogP contribution >= 0.6 is 29.5 Å². The van der Waals surface area contributed by atoms with Crippen molar-refractivity contribution in [3.8, 4) is 0 Å². The van der Waals surface area contributed by atoms with Gasteiger partial charge in [0.25, 0.3) is 0 Å². The zero-order valence-electron chi connectivity index (χ0n) is 10.8. The Morgan fingerprint density at radius 1 is 0.889 bits per heavy atom. The normalized spacial score (nSPS) is 11.8. The number of rotatable bonds is 0. The summed E-state index contributed by atoms with van der Waals surface area (Å²) < 4.78 is 0. The first-order valence-electron chi connectivity index (χ1n) is 5.43. The van der Waals surface area contributed by atoms with Crippen LogP contribution in [-0.2, 0) is 12.9 Å². The monoisotopic (exact) mass is 347 g/mol. The summed E-state index contributed by atoms with van der Waals surface area (Å²) in [6.07, 6.45) is 10.0. The van der Waals surface area contributed by atoms with E-state index in [-0.39, 0.29) is 0 Å². The van der Waals surface area contributed by atoms with E-state index in [1.54, 1.807) is 0 Å². The van der Waals surface area contributed by atoms with Gasteiger partial charge in [-0.1, -0.05) is 42.0 Å². The molecule has 0 fully saturated rings. The fourth-order valence-corrected chi connectivity index (χ4v) is 1.73. The molecule has 0 N–H and O–H groups in total. The zero-order chi connectivity index (χ0) is 14.0. The van der Waals surface area contributed by atoms with Crippen molar-refractivity contribution < 1.29 is 12.9 Å². The second-order valence-corrected chi connectivity index (χ2v) is 6.31. The number of hydrogen-bond donors (Lipinski definition) is 0. The Morgan fingerprint density at radius 2 is 1.28 bits per heavy atom. The van der Waals surface area contributed by atoms with Crippen LogP contribution in [0.2, 0.25) is 0 Å². The number of allylic oxidation sites excluding steroid dienone is 4. The average molecular weight is 348 g/mol. The van der Waals surface area contributed by atoms with Gasteiger partial charge in [-0.3, -0.25) is 0 Å². The van der Waals surface area contributed by atoms with Crippen molar-refractivity contribution in [2.45, 2.75) is 20.8 Å². The molecule has 0 heterocycles. The van der Waals surface area contributed by atoms with Gasteiger partial charge in [-0.25, -0.2) is 0 Å². The number of halogens is 2. The van der Waals surface area contributed by atoms with Crippen molar-refractivity contribution in [3.63, 3.8) is 0 Å². The summed E-state index contributed by atoms with van der Waals surface area (Å²) in [6.45, 7) is 6.48. The fraction of sp³-hybridized carbons (Fsp3) is 0.214. The van der Waals surface area contributed by atoms with Gasteiger partial charge in [0.2, 0.25) is 0 Å². The molecule has 1 aliphatic carbocycles. The molecule has 0 spiro atoms. The molecule has 1 atom stereocenters. The van der Waals surface area contributed by atoms with E-state index < -0.39 is 0 Å². The molecule has 1 aliphatic rings. The minimum absolute atomic E-state index is 0.382. The first-order chi connectivity index (χ1) is 8.52. The standard InChI is InChI=1S/C9H13P.C5H5.2ClH.Co/c1-6-4-7(2)9(10)8(3)5-6;1-2-4-5-3-1;;;/h4-5H,10H2,1-3H3;1-5H;2*1H;/q;;;;+2/p-1. The van der Waals surface area contributed by atoms with E-state index in [9.17, 15) is 0 Å². The maximum atomic E-state index is 4.73. The molecule has 0 saturated carbocycles. The van der Waals surface area contributed by atoms with Crippen LogP contribution in [0.5, 0.6) is 0 Å². The molecule has 1 aromatic rings. The SMILES string of the molecule is Cc1cc(C)c([PH3+])c(C)c1.[CH]1C=CC=C1.[Cl][Co][Cl]. The van der Waals surface area contributed by atoms with Crippen molar-refractivity contribution in [3.05, 3.63) is 59.5 Å². The molecule has 4 heteroatoms. The Labute approximate surface area is 128 Å². The summed E-state index contributed by atoms with van der Waals surface area (Å²) in [5.41, 5.74) is 4.19. The molecule has 2 rings (SSSR count). The molecule has 18 heavy (non-hydrogen) atoms. The molecule has 102 valence electrons. The summed E-state index contributed by atoms with van der Waals surface area (Å²) in [4.78, 5) is 0. The second kappa shape index (κ2) is 11.1. The van der Waals surface area contributed by atoms with Crippen molar-refractivity contribution in [1.82, 2.24) is 0 Å². The van der Waals surface area contributed by atoms with Crippen molar-refractivity contribution in [2.24, 2.45) is 0 Å². The third-order valence-corrected chi connectivity index (χ3v) is 3.51. The first kappa shape index (κ1) is 18.2. The molecule has 0 saturated heterocycles. The molecule has 1 aromatic carbocycles. The van der Waals surface area contributed by atoms with Crippen LogP contribution in [-0.4, -0.2) is 0 Å². The third-order valence-electron chi connectivity index (χ3n) is 2.40. The van der Waals surface area contributed by atoms with Crippen LogP contribution in [0.15, 0.2) is 36.4 Å². The summed E-state index contributed by atoms with van der Waals surface area (Å²) >= 11 is 0.382. The zero-order valence-corrected chi connectivity index (χ0v) is 14.8. The predicted molar refractivity (Wildman–Crippen MR) is 85.7 cm³/mol. The van der Waals surface area contributed by atoms with Crippen molar-refractivity contribution >= 4 is 34.8 Å². The summed E-state index contributed by atoms with van der Waals surface area (Å²) in [5.74, 6) is 0. The van der Waals surface area contributed by atoms with Crippen LogP contribution in [0.3, 0.4) is 0 Å². The average Bonchev–Trinajstić information content (AvgIpc) is 2.85. The Hall–Kier alpha value is 0.216. The van der Waals surface area contributed by atoms with E-state index >= 15 is 0 Å². The summed E-state index contributed by atoms with van der Waals surface area (Å²) in [7, 11) is 11.4. The molecule has 1 radical (unpaired) electrons. The summed E-state index contributed by atoms with van der Waals surface area (Å²) in [6, 6.07) is 4.46. The van der Waals surface area contributed by atoms with Gasteiger partial charge in [0.1, 0.15) is 0 Å².